The first-order valence-electron chi connectivity index (χ1n) is 6.32. The van der Waals surface area contributed by atoms with Crippen LogP contribution in [0.2, 0.25) is 0 Å². The molecule has 8 nitrogen and oxygen atoms in total. The molecular formula is C13H14N2O6. The van der Waals surface area contributed by atoms with Gasteiger partial charge in [0, 0.05) is 6.07 Å². The van der Waals surface area contributed by atoms with E-state index in [9.17, 15) is 19.7 Å². The summed E-state index contributed by atoms with van der Waals surface area (Å²) in [5.74, 6) is -1.70. The molecule has 0 spiro atoms. The highest BCUT2D eigenvalue weighted by Gasteiger charge is 2.35. The lowest BCUT2D eigenvalue weighted by molar-refractivity contribution is -0.383. The lowest BCUT2D eigenvalue weighted by Gasteiger charge is -2.12. The standard InChI is InChI=1S/C13H14N2O6/c1-7-2-3-9(15(19)20)8(6-7)14-12(16)10-4-5-11(21-10)13(17)18/h2-3,6,10-11H,4-5H2,1H3,(H,14,16)(H,17,18)/t10-,11+/m0/s1. The molecule has 1 aromatic rings. The van der Waals surface area contributed by atoms with Crippen LogP contribution in [0.25, 0.3) is 0 Å². The van der Waals surface area contributed by atoms with Gasteiger partial charge in [0.05, 0.1) is 4.92 Å². The molecule has 0 aliphatic carbocycles. The molecule has 1 saturated heterocycles. The molecule has 21 heavy (non-hydrogen) atoms. The number of carbonyl (C=O) groups excluding carboxylic acids is 1. The number of anilines is 1. The fourth-order valence-corrected chi connectivity index (χ4v) is 2.13. The van der Waals surface area contributed by atoms with Gasteiger partial charge in [0.25, 0.3) is 11.6 Å². The van der Waals surface area contributed by atoms with E-state index in [1.165, 1.54) is 12.1 Å². The Kier molecular flexibility index (Phi) is 4.18. The van der Waals surface area contributed by atoms with Crippen LogP contribution in [0, 0.1) is 17.0 Å². The van der Waals surface area contributed by atoms with Crippen molar-refractivity contribution in [2.75, 3.05) is 5.32 Å². The second-order valence-electron chi connectivity index (χ2n) is 4.80. The molecule has 1 aliphatic rings. The largest absolute Gasteiger partial charge is 0.479 e. The molecule has 0 radical (unpaired) electrons. The van der Waals surface area contributed by atoms with Gasteiger partial charge in [0.2, 0.25) is 0 Å². The third-order valence-electron chi connectivity index (χ3n) is 3.19. The van der Waals surface area contributed by atoms with Crippen molar-refractivity contribution >= 4 is 23.3 Å². The van der Waals surface area contributed by atoms with Crippen LogP contribution in [0.15, 0.2) is 18.2 Å². The quantitative estimate of drug-likeness (QED) is 0.641. The summed E-state index contributed by atoms with van der Waals surface area (Å²) in [6, 6.07) is 4.36. The topological polar surface area (TPSA) is 119 Å². The number of hydrogen-bond acceptors (Lipinski definition) is 5. The normalized spacial score (nSPS) is 21.0. The van der Waals surface area contributed by atoms with Crippen molar-refractivity contribution < 1.29 is 24.4 Å². The smallest absolute Gasteiger partial charge is 0.332 e. The maximum absolute atomic E-state index is 12.0. The maximum Gasteiger partial charge on any atom is 0.332 e. The van der Waals surface area contributed by atoms with Gasteiger partial charge >= 0.3 is 5.97 Å². The molecule has 2 N–H and O–H groups in total. The predicted octanol–water partition coefficient (Wildman–Crippen LogP) is 1.47. The molecule has 1 aromatic carbocycles. The number of carbonyl (C=O) groups is 2. The number of nitrogens with one attached hydrogen (secondary N) is 1. The number of hydrogen-bond donors (Lipinski definition) is 2. The summed E-state index contributed by atoms with van der Waals surface area (Å²) in [5, 5.41) is 22.2. The van der Waals surface area contributed by atoms with E-state index in [4.69, 9.17) is 9.84 Å². The first kappa shape index (κ1) is 14.9. The average molecular weight is 294 g/mol. The van der Waals surface area contributed by atoms with Crippen LogP contribution in [0.5, 0.6) is 0 Å². The minimum atomic E-state index is -1.12. The summed E-state index contributed by atoms with van der Waals surface area (Å²) in [4.78, 5) is 33.1. The Balaban J connectivity index is 2.12. The van der Waals surface area contributed by atoms with E-state index >= 15 is 0 Å². The maximum atomic E-state index is 12.0. The lowest BCUT2D eigenvalue weighted by atomic mass is 10.1. The fourth-order valence-electron chi connectivity index (χ4n) is 2.13. The lowest BCUT2D eigenvalue weighted by Crippen LogP contribution is -2.30. The number of benzene rings is 1. The van der Waals surface area contributed by atoms with Gasteiger partial charge in [-0.25, -0.2) is 4.79 Å². The van der Waals surface area contributed by atoms with Gasteiger partial charge < -0.3 is 15.2 Å². The van der Waals surface area contributed by atoms with Crippen LogP contribution < -0.4 is 5.32 Å². The second-order valence-corrected chi connectivity index (χ2v) is 4.80. The van der Waals surface area contributed by atoms with E-state index in [1.54, 1.807) is 13.0 Å². The molecule has 2 atom stereocenters. The SMILES string of the molecule is Cc1ccc([N+](=O)[O-])c(NC(=O)[C@@H]2CC[C@H](C(=O)O)O2)c1. The Morgan fingerprint density at radius 2 is 2.05 bits per heavy atom. The van der Waals surface area contributed by atoms with Crippen molar-refractivity contribution in [1.29, 1.82) is 0 Å². The van der Waals surface area contributed by atoms with Gasteiger partial charge in [-0.05, 0) is 31.4 Å². The number of ether oxygens (including phenoxy) is 1. The highest BCUT2D eigenvalue weighted by Crippen LogP contribution is 2.27. The molecule has 0 saturated carbocycles. The monoisotopic (exact) mass is 294 g/mol. The van der Waals surface area contributed by atoms with Crippen molar-refractivity contribution in [3.05, 3.63) is 33.9 Å². The van der Waals surface area contributed by atoms with Crippen molar-refractivity contribution in [1.82, 2.24) is 0 Å². The first-order chi connectivity index (χ1) is 9.88. The van der Waals surface area contributed by atoms with Gasteiger partial charge in [-0.1, -0.05) is 6.07 Å². The number of amides is 1. The number of carboxylic acid groups (broad SMARTS) is 1. The molecule has 1 fully saturated rings. The third kappa shape index (κ3) is 3.34. The zero-order valence-corrected chi connectivity index (χ0v) is 11.2. The zero-order chi connectivity index (χ0) is 15.6. The van der Waals surface area contributed by atoms with Crippen LogP contribution in [0.3, 0.4) is 0 Å². The summed E-state index contributed by atoms with van der Waals surface area (Å²) in [7, 11) is 0. The van der Waals surface area contributed by atoms with Crippen LogP contribution in [-0.2, 0) is 14.3 Å². The molecular weight excluding hydrogens is 280 g/mol. The Morgan fingerprint density at radius 1 is 1.38 bits per heavy atom. The Labute approximate surface area is 119 Å². The van der Waals surface area contributed by atoms with Gasteiger partial charge in [-0.15, -0.1) is 0 Å². The minimum absolute atomic E-state index is 0.0763. The summed E-state index contributed by atoms with van der Waals surface area (Å²) >= 11 is 0. The van der Waals surface area contributed by atoms with E-state index < -0.39 is 29.0 Å². The predicted molar refractivity (Wildman–Crippen MR) is 72.0 cm³/mol. The number of rotatable bonds is 4. The molecule has 0 bridgehead atoms. The van der Waals surface area contributed by atoms with E-state index in [1.807, 2.05) is 0 Å². The van der Waals surface area contributed by atoms with Crippen LogP contribution in [0.1, 0.15) is 18.4 Å². The molecule has 1 amide bonds. The summed E-state index contributed by atoms with van der Waals surface area (Å²) in [6.45, 7) is 1.74. The van der Waals surface area contributed by atoms with Gasteiger partial charge in [-0.3, -0.25) is 14.9 Å². The summed E-state index contributed by atoms with van der Waals surface area (Å²) < 4.78 is 5.11. The number of aliphatic carboxylic acids is 1. The van der Waals surface area contributed by atoms with Crippen molar-refractivity contribution in [3.8, 4) is 0 Å². The number of nitrogens with zero attached hydrogens (tertiary/aromatic N) is 1. The van der Waals surface area contributed by atoms with Crippen LogP contribution in [-0.4, -0.2) is 34.1 Å². The van der Waals surface area contributed by atoms with E-state index in [0.717, 1.165) is 5.56 Å². The van der Waals surface area contributed by atoms with Crippen LogP contribution in [0.4, 0.5) is 11.4 Å². The highest BCUT2D eigenvalue weighted by atomic mass is 16.6. The number of nitro benzene ring substituents is 1. The summed E-state index contributed by atoms with van der Waals surface area (Å²) in [5.41, 5.74) is 0.612. The van der Waals surface area contributed by atoms with Crippen LogP contribution >= 0.6 is 0 Å². The first-order valence-corrected chi connectivity index (χ1v) is 6.32. The van der Waals surface area contributed by atoms with E-state index in [2.05, 4.69) is 5.32 Å². The minimum Gasteiger partial charge on any atom is -0.479 e. The molecule has 1 heterocycles. The zero-order valence-electron chi connectivity index (χ0n) is 11.2. The molecule has 0 aromatic heterocycles. The second kappa shape index (κ2) is 5.88. The Bertz CT molecular complexity index is 600. The molecule has 1 aliphatic heterocycles. The average Bonchev–Trinajstić information content (AvgIpc) is 2.88. The van der Waals surface area contributed by atoms with Gasteiger partial charge in [-0.2, -0.15) is 0 Å². The third-order valence-corrected chi connectivity index (χ3v) is 3.19. The summed E-state index contributed by atoms with van der Waals surface area (Å²) in [6.07, 6.45) is -1.41. The van der Waals surface area contributed by atoms with E-state index in [-0.39, 0.29) is 24.2 Å². The van der Waals surface area contributed by atoms with Crippen molar-refractivity contribution in [2.45, 2.75) is 32.0 Å². The molecule has 8 heteroatoms. The van der Waals surface area contributed by atoms with Crippen molar-refractivity contribution in [2.24, 2.45) is 0 Å². The van der Waals surface area contributed by atoms with Gasteiger partial charge in [0.1, 0.15) is 11.8 Å². The molecule has 112 valence electrons. The molecule has 2 rings (SSSR count). The Morgan fingerprint density at radius 3 is 2.62 bits per heavy atom. The number of carboxylic acids is 1. The van der Waals surface area contributed by atoms with Gasteiger partial charge in [0.15, 0.2) is 6.10 Å². The fraction of sp³-hybridized carbons (Fsp3) is 0.385. The number of aryl methyl sites for hydroxylation is 1. The number of nitro groups is 1. The highest BCUT2D eigenvalue weighted by molar-refractivity contribution is 5.96. The Hall–Kier alpha value is -2.48. The van der Waals surface area contributed by atoms with E-state index in [0.29, 0.717) is 0 Å². The molecule has 0 unspecified atom stereocenters. The van der Waals surface area contributed by atoms with Crippen molar-refractivity contribution in [3.63, 3.8) is 0 Å².